The van der Waals surface area contributed by atoms with Gasteiger partial charge in [-0.3, -0.25) is 9.78 Å². The van der Waals surface area contributed by atoms with Crippen LogP contribution < -0.4 is 10.2 Å². The number of para-hydroxylation sites is 2. The molecule has 1 atom stereocenters. The lowest BCUT2D eigenvalue weighted by molar-refractivity contribution is -0.136. The van der Waals surface area contributed by atoms with Crippen LogP contribution in [0.5, 0.6) is 0 Å². The van der Waals surface area contributed by atoms with E-state index in [1.807, 2.05) is 49.2 Å². The van der Waals surface area contributed by atoms with Crippen molar-refractivity contribution in [3.05, 3.63) is 71.9 Å². The summed E-state index contributed by atoms with van der Waals surface area (Å²) in [5.41, 5.74) is -0.281. The number of fused-ring (bicyclic) bond motifs is 1. The SMILES string of the molecule is CC(CNC(=O)c1cnc2ccccc2c1C(F)(F)F)N(C)c1ccccc1. The van der Waals surface area contributed by atoms with Gasteiger partial charge in [0.2, 0.25) is 0 Å². The summed E-state index contributed by atoms with van der Waals surface area (Å²) in [5, 5.41) is 2.52. The van der Waals surface area contributed by atoms with E-state index in [4.69, 9.17) is 0 Å². The minimum absolute atomic E-state index is 0.0860. The lowest BCUT2D eigenvalue weighted by Gasteiger charge is -2.27. The Morgan fingerprint density at radius 3 is 2.43 bits per heavy atom. The number of halogens is 3. The smallest absolute Gasteiger partial charge is 0.370 e. The van der Waals surface area contributed by atoms with Crippen LogP contribution in [-0.2, 0) is 6.18 Å². The van der Waals surface area contributed by atoms with Crippen LogP contribution >= 0.6 is 0 Å². The molecule has 3 rings (SSSR count). The molecule has 7 heteroatoms. The number of likely N-dealkylation sites (N-methyl/N-ethyl adjacent to an activating group) is 1. The molecule has 0 saturated heterocycles. The first-order chi connectivity index (χ1) is 13.3. The van der Waals surface area contributed by atoms with E-state index in [0.29, 0.717) is 0 Å². The Morgan fingerprint density at radius 2 is 1.75 bits per heavy atom. The van der Waals surface area contributed by atoms with Crippen LogP contribution in [0.15, 0.2) is 60.8 Å². The molecule has 1 unspecified atom stereocenters. The first-order valence-corrected chi connectivity index (χ1v) is 8.80. The third-order valence-corrected chi connectivity index (χ3v) is 4.69. The zero-order valence-corrected chi connectivity index (χ0v) is 15.5. The number of anilines is 1. The topological polar surface area (TPSA) is 45.2 Å². The van der Waals surface area contributed by atoms with E-state index in [9.17, 15) is 18.0 Å². The summed E-state index contributed by atoms with van der Waals surface area (Å²) in [6.07, 6.45) is -3.67. The molecule has 0 aliphatic heterocycles. The van der Waals surface area contributed by atoms with E-state index >= 15 is 0 Å². The minimum atomic E-state index is -4.67. The molecule has 4 nitrogen and oxygen atoms in total. The normalized spacial score (nSPS) is 12.6. The van der Waals surface area contributed by atoms with Gasteiger partial charge < -0.3 is 10.2 Å². The summed E-state index contributed by atoms with van der Waals surface area (Å²) < 4.78 is 41.0. The zero-order chi connectivity index (χ0) is 20.3. The lowest BCUT2D eigenvalue weighted by Crippen LogP contribution is -2.40. The summed E-state index contributed by atoms with van der Waals surface area (Å²) in [6, 6.07) is 15.3. The Morgan fingerprint density at radius 1 is 1.11 bits per heavy atom. The van der Waals surface area contributed by atoms with Gasteiger partial charge in [0.15, 0.2) is 0 Å². The lowest BCUT2D eigenvalue weighted by atomic mass is 10.0. The fourth-order valence-corrected chi connectivity index (χ4v) is 3.01. The van der Waals surface area contributed by atoms with E-state index in [1.165, 1.54) is 18.2 Å². The molecule has 1 heterocycles. The number of nitrogens with one attached hydrogen (secondary N) is 1. The van der Waals surface area contributed by atoms with Gasteiger partial charge >= 0.3 is 6.18 Å². The first kappa shape index (κ1) is 19.7. The fourth-order valence-electron chi connectivity index (χ4n) is 3.01. The number of hydrogen-bond acceptors (Lipinski definition) is 3. The number of carbonyl (C=O) groups excluding carboxylic acids is 1. The van der Waals surface area contributed by atoms with E-state index in [0.717, 1.165) is 11.9 Å². The monoisotopic (exact) mass is 387 g/mol. The fraction of sp³-hybridized carbons (Fsp3) is 0.238. The van der Waals surface area contributed by atoms with Gasteiger partial charge in [0, 0.05) is 36.9 Å². The quantitative estimate of drug-likeness (QED) is 0.701. The minimum Gasteiger partial charge on any atom is -0.370 e. The molecule has 0 saturated carbocycles. The van der Waals surface area contributed by atoms with E-state index in [2.05, 4.69) is 10.3 Å². The van der Waals surface area contributed by atoms with Gasteiger partial charge in [0.1, 0.15) is 0 Å². The van der Waals surface area contributed by atoms with Crippen LogP contribution in [0.2, 0.25) is 0 Å². The van der Waals surface area contributed by atoms with E-state index in [1.54, 1.807) is 6.07 Å². The van der Waals surface area contributed by atoms with Crippen molar-refractivity contribution in [2.75, 3.05) is 18.5 Å². The van der Waals surface area contributed by atoms with Crippen LogP contribution in [0.1, 0.15) is 22.8 Å². The van der Waals surface area contributed by atoms with Crippen LogP contribution in [0.4, 0.5) is 18.9 Å². The number of pyridine rings is 1. The number of nitrogens with zero attached hydrogens (tertiary/aromatic N) is 2. The highest BCUT2D eigenvalue weighted by molar-refractivity contribution is 6.00. The second-order valence-corrected chi connectivity index (χ2v) is 6.57. The molecule has 1 N–H and O–H groups in total. The first-order valence-electron chi connectivity index (χ1n) is 8.80. The van der Waals surface area contributed by atoms with Crippen LogP contribution in [0, 0.1) is 0 Å². The molecule has 0 fully saturated rings. The van der Waals surface area contributed by atoms with Gasteiger partial charge in [-0.25, -0.2) is 0 Å². The molecular formula is C21H20F3N3O. The van der Waals surface area contributed by atoms with Crippen molar-refractivity contribution in [1.29, 1.82) is 0 Å². The highest BCUT2D eigenvalue weighted by atomic mass is 19.4. The van der Waals surface area contributed by atoms with Crippen molar-refractivity contribution in [1.82, 2.24) is 10.3 Å². The van der Waals surface area contributed by atoms with Crippen molar-refractivity contribution >= 4 is 22.5 Å². The van der Waals surface area contributed by atoms with Crippen molar-refractivity contribution in [2.24, 2.45) is 0 Å². The molecule has 0 bridgehead atoms. The molecule has 0 spiro atoms. The number of alkyl halides is 3. The number of amides is 1. The second kappa shape index (κ2) is 7.88. The van der Waals surface area contributed by atoms with Crippen molar-refractivity contribution in [3.8, 4) is 0 Å². The summed E-state index contributed by atoms with van der Waals surface area (Å²) in [5.74, 6) is -0.793. The largest absolute Gasteiger partial charge is 0.417 e. The number of aromatic nitrogens is 1. The van der Waals surface area contributed by atoms with E-state index < -0.39 is 23.2 Å². The summed E-state index contributed by atoms with van der Waals surface area (Å²) in [4.78, 5) is 18.5. The van der Waals surface area contributed by atoms with Gasteiger partial charge in [-0.1, -0.05) is 36.4 Å². The van der Waals surface area contributed by atoms with Crippen molar-refractivity contribution in [2.45, 2.75) is 19.1 Å². The highest BCUT2D eigenvalue weighted by Crippen LogP contribution is 2.36. The molecule has 1 aromatic heterocycles. The predicted molar refractivity (Wildman–Crippen MR) is 103 cm³/mol. The van der Waals surface area contributed by atoms with Gasteiger partial charge in [-0.2, -0.15) is 13.2 Å². The average Bonchev–Trinajstić information content (AvgIpc) is 2.70. The summed E-state index contributed by atoms with van der Waals surface area (Å²) in [7, 11) is 1.87. The van der Waals surface area contributed by atoms with Gasteiger partial charge in [-0.15, -0.1) is 0 Å². The van der Waals surface area contributed by atoms with Crippen molar-refractivity contribution < 1.29 is 18.0 Å². The maximum atomic E-state index is 13.7. The predicted octanol–water partition coefficient (Wildman–Crippen LogP) is 4.51. The third-order valence-electron chi connectivity index (χ3n) is 4.69. The maximum Gasteiger partial charge on any atom is 0.417 e. The number of carbonyl (C=O) groups is 1. The summed E-state index contributed by atoms with van der Waals surface area (Å²) >= 11 is 0. The number of benzene rings is 2. The van der Waals surface area contributed by atoms with Gasteiger partial charge in [-0.05, 0) is 25.1 Å². The number of hydrogen-bond donors (Lipinski definition) is 1. The molecular weight excluding hydrogens is 367 g/mol. The molecule has 146 valence electrons. The average molecular weight is 387 g/mol. The Balaban J connectivity index is 1.82. The highest BCUT2D eigenvalue weighted by Gasteiger charge is 2.37. The standard InChI is InChI=1S/C21H20F3N3O/c1-14(27(2)15-8-4-3-5-9-15)12-26-20(28)17-13-25-18-11-7-6-10-16(18)19(17)21(22,23)24/h3-11,13-14H,12H2,1-2H3,(H,26,28). The van der Waals surface area contributed by atoms with Crippen LogP contribution in [0.3, 0.4) is 0 Å². The second-order valence-electron chi connectivity index (χ2n) is 6.57. The molecule has 0 aliphatic carbocycles. The van der Waals surface area contributed by atoms with Gasteiger partial charge in [0.25, 0.3) is 5.91 Å². The Hall–Kier alpha value is -3.09. The number of rotatable bonds is 5. The van der Waals surface area contributed by atoms with Gasteiger partial charge in [0.05, 0.1) is 16.6 Å². The Kier molecular flexibility index (Phi) is 5.53. The molecule has 2 aromatic carbocycles. The zero-order valence-electron chi connectivity index (χ0n) is 15.5. The molecule has 28 heavy (non-hydrogen) atoms. The molecule has 0 aliphatic rings. The summed E-state index contributed by atoms with van der Waals surface area (Å²) in [6.45, 7) is 2.07. The van der Waals surface area contributed by atoms with Crippen LogP contribution in [0.25, 0.3) is 10.9 Å². The molecule has 1 amide bonds. The van der Waals surface area contributed by atoms with E-state index in [-0.39, 0.29) is 23.5 Å². The Labute approximate surface area is 161 Å². The molecule has 3 aromatic rings. The van der Waals surface area contributed by atoms with Crippen molar-refractivity contribution in [3.63, 3.8) is 0 Å². The maximum absolute atomic E-state index is 13.7. The third kappa shape index (κ3) is 4.08. The van der Waals surface area contributed by atoms with Crippen LogP contribution in [-0.4, -0.2) is 30.5 Å². The Bertz CT molecular complexity index is 974. The molecule has 0 radical (unpaired) electrons.